The van der Waals surface area contributed by atoms with Gasteiger partial charge in [-0.1, -0.05) is 36.0 Å². The van der Waals surface area contributed by atoms with Gasteiger partial charge in [0, 0.05) is 23.2 Å². The Balaban J connectivity index is 1.97. The van der Waals surface area contributed by atoms with E-state index in [2.05, 4.69) is 12.2 Å². The van der Waals surface area contributed by atoms with Crippen LogP contribution >= 0.6 is 23.2 Å². The smallest absolute Gasteiger partial charge is 0.138 e. The van der Waals surface area contributed by atoms with Crippen molar-refractivity contribution in [2.24, 2.45) is 5.92 Å². The van der Waals surface area contributed by atoms with Crippen LogP contribution in [0.5, 0.6) is 5.75 Å². The van der Waals surface area contributed by atoms with E-state index in [0.717, 1.165) is 11.5 Å². The minimum Gasteiger partial charge on any atom is -0.506 e. The first kappa shape index (κ1) is 14.0. The average Bonchev–Trinajstić information content (AvgIpc) is 2.85. The maximum atomic E-state index is 9.87. The molecule has 1 aromatic rings. The van der Waals surface area contributed by atoms with Gasteiger partial charge < -0.3 is 10.4 Å². The molecule has 1 unspecified atom stereocenters. The van der Waals surface area contributed by atoms with Crippen molar-refractivity contribution in [2.75, 3.05) is 0 Å². The van der Waals surface area contributed by atoms with E-state index in [0.29, 0.717) is 22.6 Å². The van der Waals surface area contributed by atoms with Gasteiger partial charge in [-0.05, 0) is 37.8 Å². The third-order valence-corrected chi connectivity index (χ3v) is 4.33. The Morgan fingerprint density at radius 2 is 2.00 bits per heavy atom. The highest BCUT2D eigenvalue weighted by Crippen LogP contribution is 2.32. The fourth-order valence-electron chi connectivity index (χ4n) is 2.65. The molecule has 18 heavy (non-hydrogen) atoms. The number of phenolic OH excluding ortho intramolecular Hbond substituents is 1. The largest absolute Gasteiger partial charge is 0.506 e. The van der Waals surface area contributed by atoms with Gasteiger partial charge in [0.15, 0.2) is 0 Å². The minimum absolute atomic E-state index is 0.132. The molecule has 0 radical (unpaired) electrons. The molecule has 1 fully saturated rings. The minimum atomic E-state index is 0.132. The van der Waals surface area contributed by atoms with E-state index in [1.807, 2.05) is 0 Å². The molecule has 0 aromatic heterocycles. The van der Waals surface area contributed by atoms with E-state index in [4.69, 9.17) is 23.2 Å². The molecule has 1 saturated carbocycles. The second kappa shape index (κ2) is 6.14. The van der Waals surface area contributed by atoms with Crippen molar-refractivity contribution in [2.45, 2.75) is 45.2 Å². The van der Waals surface area contributed by atoms with Crippen LogP contribution in [-0.2, 0) is 6.54 Å². The van der Waals surface area contributed by atoms with Crippen molar-refractivity contribution in [3.8, 4) is 5.75 Å². The summed E-state index contributed by atoms with van der Waals surface area (Å²) in [7, 11) is 0. The Kier molecular flexibility index (Phi) is 4.77. The zero-order chi connectivity index (χ0) is 13.1. The summed E-state index contributed by atoms with van der Waals surface area (Å²) in [4.78, 5) is 0. The molecule has 0 amide bonds. The lowest BCUT2D eigenvalue weighted by molar-refractivity contribution is 0.376. The number of phenols is 1. The van der Waals surface area contributed by atoms with Gasteiger partial charge in [0.2, 0.25) is 0 Å². The summed E-state index contributed by atoms with van der Waals surface area (Å²) in [6.45, 7) is 2.81. The van der Waals surface area contributed by atoms with Crippen LogP contribution in [-0.4, -0.2) is 11.1 Å². The summed E-state index contributed by atoms with van der Waals surface area (Å²) in [5.41, 5.74) is 0.761. The Morgan fingerprint density at radius 3 is 2.67 bits per heavy atom. The number of aromatic hydroxyl groups is 1. The second-order valence-electron chi connectivity index (χ2n) is 5.11. The maximum absolute atomic E-state index is 9.87. The number of rotatable bonds is 4. The summed E-state index contributed by atoms with van der Waals surface area (Å²) < 4.78 is 0. The molecular weight excluding hydrogens is 269 g/mol. The van der Waals surface area contributed by atoms with Crippen LogP contribution in [0.3, 0.4) is 0 Å². The molecule has 1 aromatic carbocycles. The van der Waals surface area contributed by atoms with Crippen LogP contribution < -0.4 is 5.32 Å². The second-order valence-corrected chi connectivity index (χ2v) is 5.95. The van der Waals surface area contributed by atoms with Crippen molar-refractivity contribution < 1.29 is 5.11 Å². The first-order chi connectivity index (χ1) is 8.58. The summed E-state index contributed by atoms with van der Waals surface area (Å²) in [5, 5.41) is 14.2. The molecule has 1 aliphatic rings. The van der Waals surface area contributed by atoms with Gasteiger partial charge in [0.25, 0.3) is 0 Å². The molecule has 100 valence electrons. The highest BCUT2D eigenvalue weighted by molar-refractivity contribution is 6.35. The van der Waals surface area contributed by atoms with Crippen LogP contribution in [0.4, 0.5) is 0 Å². The van der Waals surface area contributed by atoms with Gasteiger partial charge in [0.05, 0.1) is 5.02 Å². The predicted molar refractivity (Wildman–Crippen MR) is 76.4 cm³/mol. The molecular formula is C14H19Cl2NO. The van der Waals surface area contributed by atoms with Crippen LogP contribution in [0.1, 0.15) is 38.2 Å². The Hall–Kier alpha value is -0.440. The Bertz CT molecular complexity index is 417. The van der Waals surface area contributed by atoms with E-state index in [-0.39, 0.29) is 5.75 Å². The molecule has 2 rings (SSSR count). The van der Waals surface area contributed by atoms with Crippen LogP contribution in [0.15, 0.2) is 12.1 Å². The quantitative estimate of drug-likeness (QED) is 0.862. The van der Waals surface area contributed by atoms with Gasteiger partial charge in [0.1, 0.15) is 5.75 Å². The number of benzene rings is 1. The van der Waals surface area contributed by atoms with E-state index < -0.39 is 0 Å². The number of nitrogens with one attached hydrogen (secondary N) is 1. The summed E-state index contributed by atoms with van der Waals surface area (Å²) in [5.74, 6) is 0.883. The third-order valence-electron chi connectivity index (χ3n) is 3.83. The highest BCUT2D eigenvalue weighted by atomic mass is 35.5. The van der Waals surface area contributed by atoms with Crippen molar-refractivity contribution >= 4 is 23.2 Å². The molecule has 0 heterocycles. The zero-order valence-electron chi connectivity index (χ0n) is 10.5. The molecule has 0 bridgehead atoms. The van der Waals surface area contributed by atoms with Gasteiger partial charge in [-0.15, -0.1) is 0 Å². The van der Waals surface area contributed by atoms with Gasteiger partial charge >= 0.3 is 0 Å². The van der Waals surface area contributed by atoms with Crippen molar-refractivity contribution in [3.05, 3.63) is 27.7 Å². The number of halogens is 2. The SMILES string of the molecule is CC(NCc1cc(Cl)cc(Cl)c1O)C1CCCC1. The first-order valence-electron chi connectivity index (χ1n) is 6.48. The van der Waals surface area contributed by atoms with Crippen molar-refractivity contribution in [1.29, 1.82) is 0 Å². The topological polar surface area (TPSA) is 32.3 Å². The number of hydrogen-bond donors (Lipinski definition) is 2. The van der Waals surface area contributed by atoms with Crippen LogP contribution in [0.2, 0.25) is 10.0 Å². The van der Waals surface area contributed by atoms with E-state index in [1.54, 1.807) is 12.1 Å². The molecule has 0 saturated heterocycles. The standard InChI is InChI=1S/C14H19Cl2NO/c1-9(10-4-2-3-5-10)17-8-11-6-12(15)7-13(16)14(11)18/h6-7,9-10,17-18H,2-5,8H2,1H3. The fraction of sp³-hybridized carbons (Fsp3) is 0.571. The lowest BCUT2D eigenvalue weighted by Gasteiger charge is -2.21. The van der Waals surface area contributed by atoms with Crippen LogP contribution in [0.25, 0.3) is 0 Å². The highest BCUT2D eigenvalue weighted by Gasteiger charge is 2.21. The molecule has 2 nitrogen and oxygen atoms in total. The maximum Gasteiger partial charge on any atom is 0.138 e. The van der Waals surface area contributed by atoms with E-state index in [1.165, 1.54) is 25.7 Å². The molecule has 2 N–H and O–H groups in total. The zero-order valence-corrected chi connectivity index (χ0v) is 12.1. The van der Waals surface area contributed by atoms with Gasteiger partial charge in [-0.25, -0.2) is 0 Å². The van der Waals surface area contributed by atoms with E-state index in [9.17, 15) is 5.11 Å². The summed E-state index contributed by atoms with van der Waals surface area (Å²) in [6.07, 6.45) is 5.28. The predicted octanol–water partition coefficient (Wildman–Crippen LogP) is 4.37. The first-order valence-corrected chi connectivity index (χ1v) is 7.24. The number of hydrogen-bond acceptors (Lipinski definition) is 2. The Labute approximate surface area is 118 Å². The summed E-state index contributed by atoms with van der Waals surface area (Å²) in [6, 6.07) is 3.78. The average molecular weight is 288 g/mol. The van der Waals surface area contributed by atoms with Gasteiger partial charge in [-0.2, -0.15) is 0 Å². The van der Waals surface area contributed by atoms with Crippen molar-refractivity contribution in [1.82, 2.24) is 5.32 Å². The molecule has 0 aliphatic heterocycles. The Morgan fingerprint density at radius 1 is 1.33 bits per heavy atom. The fourth-order valence-corrected chi connectivity index (χ4v) is 3.18. The molecule has 1 aliphatic carbocycles. The monoisotopic (exact) mass is 287 g/mol. The summed E-state index contributed by atoms with van der Waals surface area (Å²) >= 11 is 11.8. The van der Waals surface area contributed by atoms with Gasteiger partial charge in [-0.3, -0.25) is 0 Å². The van der Waals surface area contributed by atoms with Crippen molar-refractivity contribution in [3.63, 3.8) is 0 Å². The molecule has 4 heteroatoms. The lowest BCUT2D eigenvalue weighted by atomic mass is 9.99. The normalized spacial score (nSPS) is 18.2. The van der Waals surface area contributed by atoms with Crippen LogP contribution in [0, 0.1) is 5.92 Å². The van der Waals surface area contributed by atoms with E-state index >= 15 is 0 Å². The molecule has 1 atom stereocenters. The lowest BCUT2D eigenvalue weighted by Crippen LogP contribution is -2.31. The third kappa shape index (κ3) is 3.31. The molecule has 0 spiro atoms.